The number of anilines is 1. The average Bonchev–Trinajstić information content (AvgIpc) is 2.68. The summed E-state index contributed by atoms with van der Waals surface area (Å²) in [5.74, 6) is 0.0169. The Bertz CT molecular complexity index is 573. The van der Waals surface area contributed by atoms with Crippen molar-refractivity contribution in [3.8, 4) is 0 Å². The molecule has 144 valence electrons. The first-order valence-electron chi connectivity index (χ1n) is 10.0. The maximum absolute atomic E-state index is 11.1. The van der Waals surface area contributed by atoms with E-state index in [1.165, 1.54) is 24.1 Å². The van der Waals surface area contributed by atoms with Crippen LogP contribution in [0.3, 0.4) is 0 Å². The van der Waals surface area contributed by atoms with Gasteiger partial charge in [-0.2, -0.15) is 0 Å². The van der Waals surface area contributed by atoms with Crippen molar-refractivity contribution in [3.63, 3.8) is 0 Å². The van der Waals surface area contributed by atoms with Gasteiger partial charge < -0.3 is 20.6 Å². The number of piperidine rings is 1. The summed E-state index contributed by atoms with van der Waals surface area (Å²) in [6.07, 6.45) is 6.18. The fourth-order valence-electron chi connectivity index (χ4n) is 4.54. The van der Waals surface area contributed by atoms with Gasteiger partial charge >= 0.3 is 5.97 Å². The largest absolute Gasteiger partial charge is 0.481 e. The van der Waals surface area contributed by atoms with Crippen molar-refractivity contribution in [2.75, 3.05) is 31.6 Å². The van der Waals surface area contributed by atoms with Crippen molar-refractivity contribution in [1.29, 1.82) is 0 Å². The molecule has 5 nitrogen and oxygen atoms in total. The summed E-state index contributed by atoms with van der Waals surface area (Å²) in [6, 6.07) is 9.20. The number of hydrogen-bond donors (Lipinski definition) is 2. The predicted octanol–water partition coefficient (Wildman–Crippen LogP) is 2.94. The van der Waals surface area contributed by atoms with Crippen LogP contribution in [0.15, 0.2) is 24.3 Å². The summed E-state index contributed by atoms with van der Waals surface area (Å²) in [5, 5.41) is 9.15. The van der Waals surface area contributed by atoms with Crippen LogP contribution in [-0.4, -0.2) is 48.7 Å². The molecule has 1 saturated heterocycles. The zero-order chi connectivity index (χ0) is 18.5. The highest BCUT2D eigenvalue weighted by molar-refractivity contribution is 5.70. The third kappa shape index (κ3) is 4.77. The van der Waals surface area contributed by atoms with Gasteiger partial charge in [-0.3, -0.25) is 4.79 Å². The van der Waals surface area contributed by atoms with Gasteiger partial charge in [-0.15, -0.1) is 0 Å². The molecule has 0 aromatic heterocycles. The molecular weight excluding hydrogens is 326 g/mol. The molecule has 1 aromatic rings. The summed E-state index contributed by atoms with van der Waals surface area (Å²) < 4.78 is 0. The molecule has 2 aliphatic rings. The van der Waals surface area contributed by atoms with Crippen LogP contribution < -0.4 is 10.6 Å². The van der Waals surface area contributed by atoms with Crippen LogP contribution in [0.25, 0.3) is 0 Å². The molecule has 1 heterocycles. The lowest BCUT2D eigenvalue weighted by molar-refractivity contribution is -0.143. The Hall–Kier alpha value is -1.59. The highest BCUT2D eigenvalue weighted by Crippen LogP contribution is 2.29. The van der Waals surface area contributed by atoms with Crippen LogP contribution >= 0.6 is 0 Å². The maximum atomic E-state index is 11.1. The van der Waals surface area contributed by atoms with Crippen molar-refractivity contribution in [1.82, 2.24) is 4.90 Å². The Morgan fingerprint density at radius 2 is 1.73 bits per heavy atom. The van der Waals surface area contributed by atoms with E-state index in [1.807, 2.05) is 0 Å². The SMILES string of the molecule is CN(CC1CCN(c2ccc(CN)cc2)CC1)C1CCC(C(=O)O)CC1. The standard InChI is InChI=1S/C21H33N3O2/c1-23(19-8-4-18(5-9-19)21(25)26)15-17-10-12-24(13-11-17)20-6-2-16(14-22)3-7-20/h2-3,6-7,17-19H,4-5,8-15,22H2,1H3,(H,25,26). The Kier molecular flexibility index (Phi) is 6.54. The first-order chi connectivity index (χ1) is 12.6. The average molecular weight is 360 g/mol. The van der Waals surface area contributed by atoms with Gasteiger partial charge in [0.15, 0.2) is 0 Å². The van der Waals surface area contributed by atoms with Gasteiger partial charge in [-0.1, -0.05) is 12.1 Å². The number of aliphatic carboxylic acids is 1. The van der Waals surface area contributed by atoms with Crippen molar-refractivity contribution >= 4 is 11.7 Å². The fraction of sp³-hybridized carbons (Fsp3) is 0.667. The molecule has 26 heavy (non-hydrogen) atoms. The Labute approximate surface area is 157 Å². The first-order valence-corrected chi connectivity index (χ1v) is 10.0. The summed E-state index contributed by atoms with van der Waals surface area (Å²) in [5.41, 5.74) is 8.17. The van der Waals surface area contributed by atoms with Crippen LogP contribution in [0.1, 0.15) is 44.1 Å². The van der Waals surface area contributed by atoms with E-state index in [0.29, 0.717) is 12.6 Å². The maximum Gasteiger partial charge on any atom is 0.306 e. The van der Waals surface area contributed by atoms with Gasteiger partial charge in [0.1, 0.15) is 0 Å². The van der Waals surface area contributed by atoms with Crippen LogP contribution in [0.5, 0.6) is 0 Å². The molecule has 5 heteroatoms. The number of carbonyl (C=O) groups is 1. The van der Waals surface area contributed by atoms with E-state index in [2.05, 4.69) is 41.1 Å². The Morgan fingerprint density at radius 3 is 2.27 bits per heavy atom. The van der Waals surface area contributed by atoms with Crippen LogP contribution in [0, 0.1) is 11.8 Å². The molecule has 3 N–H and O–H groups in total. The van der Waals surface area contributed by atoms with Crippen molar-refractivity contribution in [3.05, 3.63) is 29.8 Å². The molecular formula is C21H33N3O2. The Morgan fingerprint density at radius 1 is 1.12 bits per heavy atom. The summed E-state index contributed by atoms with van der Waals surface area (Å²) in [7, 11) is 2.23. The number of nitrogens with two attached hydrogens (primary N) is 1. The molecule has 1 saturated carbocycles. The number of benzene rings is 1. The number of carboxylic acids is 1. The molecule has 0 amide bonds. The third-order valence-electron chi connectivity index (χ3n) is 6.37. The fourth-order valence-corrected chi connectivity index (χ4v) is 4.54. The molecule has 0 spiro atoms. The molecule has 0 bridgehead atoms. The minimum absolute atomic E-state index is 0.117. The lowest BCUT2D eigenvalue weighted by Gasteiger charge is -2.39. The molecule has 0 atom stereocenters. The normalized spacial score (nSPS) is 24.8. The van der Waals surface area contributed by atoms with Crippen molar-refractivity contribution < 1.29 is 9.90 Å². The van der Waals surface area contributed by atoms with Crippen molar-refractivity contribution in [2.45, 2.75) is 51.1 Å². The molecule has 1 aromatic carbocycles. The van der Waals surface area contributed by atoms with E-state index in [9.17, 15) is 4.79 Å². The number of hydrogen-bond acceptors (Lipinski definition) is 4. The molecule has 1 aliphatic carbocycles. The first kappa shape index (κ1) is 19.2. The van der Waals surface area contributed by atoms with Gasteiger partial charge in [0, 0.05) is 37.9 Å². The topological polar surface area (TPSA) is 69.8 Å². The van der Waals surface area contributed by atoms with Gasteiger partial charge in [0.2, 0.25) is 0 Å². The lowest BCUT2D eigenvalue weighted by Crippen LogP contribution is -2.42. The van der Waals surface area contributed by atoms with E-state index in [1.54, 1.807) is 0 Å². The third-order valence-corrected chi connectivity index (χ3v) is 6.37. The number of carboxylic acid groups (broad SMARTS) is 1. The second-order valence-corrected chi connectivity index (χ2v) is 8.08. The van der Waals surface area contributed by atoms with E-state index in [-0.39, 0.29) is 5.92 Å². The van der Waals surface area contributed by atoms with Crippen LogP contribution in [0.2, 0.25) is 0 Å². The number of rotatable bonds is 6. The lowest BCUT2D eigenvalue weighted by atomic mass is 9.85. The summed E-state index contributed by atoms with van der Waals surface area (Å²) in [4.78, 5) is 16.1. The molecule has 1 aliphatic heterocycles. The van der Waals surface area contributed by atoms with E-state index in [4.69, 9.17) is 10.8 Å². The predicted molar refractivity (Wildman–Crippen MR) is 105 cm³/mol. The van der Waals surface area contributed by atoms with Gasteiger partial charge in [0.25, 0.3) is 0 Å². The zero-order valence-electron chi connectivity index (χ0n) is 15.9. The summed E-state index contributed by atoms with van der Waals surface area (Å²) >= 11 is 0. The highest BCUT2D eigenvalue weighted by atomic mass is 16.4. The smallest absolute Gasteiger partial charge is 0.306 e. The highest BCUT2D eigenvalue weighted by Gasteiger charge is 2.29. The zero-order valence-corrected chi connectivity index (χ0v) is 15.9. The van der Waals surface area contributed by atoms with E-state index >= 15 is 0 Å². The summed E-state index contributed by atoms with van der Waals surface area (Å²) in [6.45, 7) is 3.98. The molecule has 3 rings (SSSR count). The van der Waals surface area contributed by atoms with E-state index < -0.39 is 5.97 Å². The van der Waals surface area contributed by atoms with Gasteiger partial charge in [0.05, 0.1) is 5.92 Å². The second-order valence-electron chi connectivity index (χ2n) is 8.08. The molecule has 2 fully saturated rings. The second kappa shape index (κ2) is 8.87. The van der Waals surface area contributed by atoms with Crippen molar-refractivity contribution in [2.24, 2.45) is 17.6 Å². The Balaban J connectivity index is 1.42. The molecule has 0 unspecified atom stereocenters. The van der Waals surface area contributed by atoms with Gasteiger partial charge in [-0.05, 0) is 69.2 Å². The monoisotopic (exact) mass is 359 g/mol. The van der Waals surface area contributed by atoms with E-state index in [0.717, 1.165) is 51.2 Å². The molecule has 0 radical (unpaired) electrons. The van der Waals surface area contributed by atoms with Crippen LogP contribution in [0.4, 0.5) is 5.69 Å². The minimum Gasteiger partial charge on any atom is -0.481 e. The van der Waals surface area contributed by atoms with Gasteiger partial charge in [-0.25, -0.2) is 0 Å². The number of nitrogens with zero attached hydrogens (tertiary/aromatic N) is 2. The van der Waals surface area contributed by atoms with Crippen LogP contribution in [-0.2, 0) is 11.3 Å². The quantitative estimate of drug-likeness (QED) is 0.817. The minimum atomic E-state index is -0.613.